The lowest BCUT2D eigenvalue weighted by Gasteiger charge is -2.05. The van der Waals surface area contributed by atoms with Crippen molar-refractivity contribution in [3.8, 4) is 0 Å². The van der Waals surface area contributed by atoms with Gasteiger partial charge in [0.2, 0.25) is 0 Å². The number of benzene rings is 1. The number of hydrogen-bond donors (Lipinski definition) is 1. The molecule has 2 nitrogen and oxygen atoms in total. The number of nitrogens with two attached hydrogens (primary N) is 1. The van der Waals surface area contributed by atoms with E-state index in [4.69, 9.17) is 5.73 Å². The summed E-state index contributed by atoms with van der Waals surface area (Å²) in [5.74, 6) is 0. The van der Waals surface area contributed by atoms with Gasteiger partial charge in [0.15, 0.2) is 0 Å². The van der Waals surface area contributed by atoms with E-state index in [0.29, 0.717) is 0 Å². The molecule has 2 rings (SSSR count). The van der Waals surface area contributed by atoms with Gasteiger partial charge in [-0.3, -0.25) is 4.98 Å². The number of rotatable bonds is 1. The van der Waals surface area contributed by atoms with Crippen molar-refractivity contribution in [1.82, 2.24) is 4.98 Å². The SMILES string of the molecule is CC(N)c1cnc2ccccc2c1. The monoisotopic (exact) mass is 172 g/mol. The molecule has 1 atom stereocenters. The van der Waals surface area contributed by atoms with E-state index in [0.717, 1.165) is 16.5 Å². The summed E-state index contributed by atoms with van der Waals surface area (Å²) in [4.78, 5) is 4.32. The standard InChI is InChI=1S/C11H12N2/c1-8(12)10-6-9-4-2-3-5-11(9)13-7-10/h2-8H,12H2,1H3. The number of fused-ring (bicyclic) bond motifs is 1. The fourth-order valence-corrected chi connectivity index (χ4v) is 1.34. The van der Waals surface area contributed by atoms with Crippen molar-refractivity contribution < 1.29 is 0 Å². The largest absolute Gasteiger partial charge is 0.324 e. The van der Waals surface area contributed by atoms with Crippen LogP contribution in [0, 0.1) is 0 Å². The summed E-state index contributed by atoms with van der Waals surface area (Å²) in [6, 6.07) is 10.2. The summed E-state index contributed by atoms with van der Waals surface area (Å²) in [7, 11) is 0. The summed E-state index contributed by atoms with van der Waals surface area (Å²) in [6.45, 7) is 1.96. The number of aromatic nitrogens is 1. The van der Waals surface area contributed by atoms with Crippen LogP contribution in [0.25, 0.3) is 10.9 Å². The first-order chi connectivity index (χ1) is 6.27. The Balaban J connectivity index is 2.62. The topological polar surface area (TPSA) is 38.9 Å². The van der Waals surface area contributed by atoms with Crippen LogP contribution in [0.15, 0.2) is 36.5 Å². The van der Waals surface area contributed by atoms with Gasteiger partial charge in [0.1, 0.15) is 0 Å². The van der Waals surface area contributed by atoms with Crippen molar-refractivity contribution >= 4 is 10.9 Å². The third kappa shape index (κ3) is 1.53. The van der Waals surface area contributed by atoms with Gasteiger partial charge in [-0.05, 0) is 24.6 Å². The first-order valence-electron chi connectivity index (χ1n) is 4.37. The smallest absolute Gasteiger partial charge is 0.0702 e. The molecule has 0 aliphatic carbocycles. The Morgan fingerprint density at radius 2 is 2.08 bits per heavy atom. The predicted octanol–water partition coefficient (Wildman–Crippen LogP) is 2.25. The molecule has 1 aromatic heterocycles. The molecule has 0 bridgehead atoms. The van der Waals surface area contributed by atoms with E-state index >= 15 is 0 Å². The van der Waals surface area contributed by atoms with Gasteiger partial charge in [-0.2, -0.15) is 0 Å². The number of hydrogen-bond acceptors (Lipinski definition) is 2. The van der Waals surface area contributed by atoms with Crippen LogP contribution in [-0.4, -0.2) is 4.98 Å². The van der Waals surface area contributed by atoms with E-state index in [-0.39, 0.29) is 6.04 Å². The molecule has 0 spiro atoms. The molecule has 0 aliphatic rings. The van der Waals surface area contributed by atoms with Crippen molar-refractivity contribution in [2.45, 2.75) is 13.0 Å². The zero-order valence-corrected chi connectivity index (χ0v) is 7.57. The molecular formula is C11H12N2. The third-order valence-electron chi connectivity index (χ3n) is 2.14. The van der Waals surface area contributed by atoms with Gasteiger partial charge in [-0.25, -0.2) is 0 Å². The van der Waals surface area contributed by atoms with Gasteiger partial charge in [-0.15, -0.1) is 0 Å². The average Bonchev–Trinajstić information content (AvgIpc) is 2.17. The summed E-state index contributed by atoms with van der Waals surface area (Å²) in [6.07, 6.45) is 1.84. The Bertz CT molecular complexity index is 421. The first-order valence-corrected chi connectivity index (χ1v) is 4.37. The maximum atomic E-state index is 5.76. The number of pyridine rings is 1. The highest BCUT2D eigenvalue weighted by Crippen LogP contribution is 2.15. The highest BCUT2D eigenvalue weighted by atomic mass is 14.7. The van der Waals surface area contributed by atoms with Crippen LogP contribution in [0.4, 0.5) is 0 Å². The molecule has 0 fully saturated rings. The maximum absolute atomic E-state index is 5.76. The van der Waals surface area contributed by atoms with Crippen LogP contribution in [0.3, 0.4) is 0 Å². The number of para-hydroxylation sites is 1. The van der Waals surface area contributed by atoms with Crippen LogP contribution in [0.2, 0.25) is 0 Å². The molecule has 1 heterocycles. The maximum Gasteiger partial charge on any atom is 0.0702 e. The van der Waals surface area contributed by atoms with E-state index in [9.17, 15) is 0 Å². The van der Waals surface area contributed by atoms with Gasteiger partial charge in [-0.1, -0.05) is 18.2 Å². The van der Waals surface area contributed by atoms with E-state index in [1.807, 2.05) is 37.4 Å². The first kappa shape index (κ1) is 8.20. The van der Waals surface area contributed by atoms with Gasteiger partial charge in [0.05, 0.1) is 5.52 Å². The van der Waals surface area contributed by atoms with Crippen LogP contribution >= 0.6 is 0 Å². The van der Waals surface area contributed by atoms with Gasteiger partial charge >= 0.3 is 0 Å². The normalized spacial score (nSPS) is 13.1. The third-order valence-corrected chi connectivity index (χ3v) is 2.14. The molecule has 0 saturated heterocycles. The lowest BCUT2D eigenvalue weighted by atomic mass is 10.1. The highest BCUT2D eigenvalue weighted by Gasteiger charge is 2.00. The Morgan fingerprint density at radius 1 is 1.31 bits per heavy atom. The average molecular weight is 172 g/mol. The van der Waals surface area contributed by atoms with E-state index in [2.05, 4.69) is 11.1 Å². The molecule has 66 valence electrons. The van der Waals surface area contributed by atoms with Gasteiger partial charge in [0.25, 0.3) is 0 Å². The Kier molecular flexibility index (Phi) is 1.99. The minimum Gasteiger partial charge on any atom is -0.324 e. The molecule has 0 radical (unpaired) electrons. The Labute approximate surface area is 77.4 Å². The molecule has 0 saturated carbocycles. The molecule has 1 aromatic carbocycles. The van der Waals surface area contributed by atoms with Gasteiger partial charge in [0, 0.05) is 17.6 Å². The van der Waals surface area contributed by atoms with Crippen LogP contribution in [0.5, 0.6) is 0 Å². The Morgan fingerprint density at radius 3 is 2.85 bits per heavy atom. The van der Waals surface area contributed by atoms with Crippen LogP contribution in [0.1, 0.15) is 18.5 Å². The molecule has 2 aromatic rings. The lowest BCUT2D eigenvalue weighted by molar-refractivity contribution is 0.814. The molecule has 13 heavy (non-hydrogen) atoms. The summed E-state index contributed by atoms with van der Waals surface area (Å²) < 4.78 is 0. The van der Waals surface area contributed by atoms with E-state index in [1.54, 1.807) is 0 Å². The molecular weight excluding hydrogens is 160 g/mol. The van der Waals surface area contributed by atoms with Crippen molar-refractivity contribution in [3.05, 3.63) is 42.1 Å². The van der Waals surface area contributed by atoms with E-state index in [1.165, 1.54) is 0 Å². The summed E-state index contributed by atoms with van der Waals surface area (Å²) >= 11 is 0. The second-order valence-corrected chi connectivity index (χ2v) is 3.25. The van der Waals surface area contributed by atoms with Crippen LogP contribution in [-0.2, 0) is 0 Å². The molecule has 0 aliphatic heterocycles. The van der Waals surface area contributed by atoms with Crippen molar-refractivity contribution in [1.29, 1.82) is 0 Å². The fourth-order valence-electron chi connectivity index (χ4n) is 1.34. The quantitative estimate of drug-likeness (QED) is 0.716. The summed E-state index contributed by atoms with van der Waals surface area (Å²) in [5, 5.41) is 1.15. The fraction of sp³-hybridized carbons (Fsp3) is 0.182. The van der Waals surface area contributed by atoms with Gasteiger partial charge < -0.3 is 5.73 Å². The zero-order valence-electron chi connectivity index (χ0n) is 7.57. The minimum atomic E-state index is 0.0529. The molecule has 1 unspecified atom stereocenters. The van der Waals surface area contributed by atoms with Crippen molar-refractivity contribution in [3.63, 3.8) is 0 Å². The molecule has 0 amide bonds. The van der Waals surface area contributed by atoms with E-state index < -0.39 is 0 Å². The van der Waals surface area contributed by atoms with Crippen LogP contribution < -0.4 is 5.73 Å². The summed E-state index contributed by atoms with van der Waals surface area (Å²) in [5.41, 5.74) is 7.87. The minimum absolute atomic E-state index is 0.0529. The lowest BCUT2D eigenvalue weighted by Crippen LogP contribution is -2.04. The second kappa shape index (κ2) is 3.15. The Hall–Kier alpha value is -1.41. The van der Waals surface area contributed by atoms with Crippen molar-refractivity contribution in [2.24, 2.45) is 5.73 Å². The van der Waals surface area contributed by atoms with Crippen molar-refractivity contribution in [2.75, 3.05) is 0 Å². The molecule has 2 N–H and O–H groups in total. The predicted molar refractivity (Wildman–Crippen MR) is 54.3 cm³/mol. The zero-order chi connectivity index (χ0) is 9.26. The highest BCUT2D eigenvalue weighted by molar-refractivity contribution is 5.78. The number of nitrogens with zero attached hydrogens (tertiary/aromatic N) is 1. The second-order valence-electron chi connectivity index (χ2n) is 3.25. The molecule has 2 heteroatoms.